The number of ether oxygens (including phenoxy) is 1. The second-order valence-electron chi connectivity index (χ2n) is 13.3. The van der Waals surface area contributed by atoms with Crippen molar-refractivity contribution in [3.63, 3.8) is 0 Å². The molecule has 4 nitrogen and oxygen atoms in total. The van der Waals surface area contributed by atoms with Crippen molar-refractivity contribution < 1.29 is 19.3 Å². The van der Waals surface area contributed by atoms with E-state index in [4.69, 9.17) is 14.5 Å². The van der Waals surface area contributed by atoms with E-state index in [1.54, 1.807) is 0 Å². The Morgan fingerprint density at radius 3 is 2.47 bits per heavy atom. The van der Waals surface area contributed by atoms with Crippen LogP contribution >= 0.6 is 0 Å². The molecule has 3 saturated carbocycles. The van der Waals surface area contributed by atoms with Crippen molar-refractivity contribution in [2.45, 2.75) is 117 Å². The molecule has 2 spiro atoms. The first-order valence-corrected chi connectivity index (χ1v) is 13.9. The fraction of sp³-hybridized carbons (Fsp3) is 0.833. The number of rotatable bonds is 5. The fourth-order valence-corrected chi connectivity index (χ4v) is 8.90. The molecule has 2 saturated heterocycles. The minimum atomic E-state index is -0.367. The second kappa shape index (κ2) is 8.20. The lowest BCUT2D eigenvalue weighted by atomic mass is 9.44. The molecule has 6 aliphatic rings. The monoisotopic (exact) mass is 470 g/mol. The van der Waals surface area contributed by atoms with E-state index >= 15 is 0 Å². The lowest BCUT2D eigenvalue weighted by Gasteiger charge is -2.69. The van der Waals surface area contributed by atoms with E-state index in [9.17, 15) is 4.79 Å². The van der Waals surface area contributed by atoms with Crippen molar-refractivity contribution in [3.8, 4) is 0 Å². The minimum absolute atomic E-state index is 0.0300. The van der Waals surface area contributed by atoms with Crippen LogP contribution in [0, 0.1) is 40.4 Å². The summed E-state index contributed by atoms with van der Waals surface area (Å²) < 4.78 is 5.64. The van der Waals surface area contributed by atoms with Gasteiger partial charge in [0.05, 0.1) is 0 Å². The highest BCUT2D eigenvalue weighted by atomic mass is 17.2. The van der Waals surface area contributed by atoms with Gasteiger partial charge in [0.25, 0.3) is 0 Å². The number of carbonyl (C=O) groups excluding carboxylic acids is 1. The van der Waals surface area contributed by atoms with Gasteiger partial charge in [0, 0.05) is 24.7 Å². The largest absolute Gasteiger partial charge is 0.462 e. The van der Waals surface area contributed by atoms with Crippen LogP contribution in [0.2, 0.25) is 0 Å². The SMILES string of the molecule is CC(=O)O[C@@H]1CC[C@]2(C)C3=CC[C@]4(C)[C@@H]([C@H](C)/C=C/[C@H](C)C(C)C)CC[C@H]4[C@@]34CC[C@]2(C1)OO4. The minimum Gasteiger partial charge on any atom is -0.462 e. The Bertz CT molecular complexity index is 878. The molecule has 190 valence electrons. The van der Waals surface area contributed by atoms with Gasteiger partial charge in [-0.1, -0.05) is 59.8 Å². The maximum absolute atomic E-state index is 11.6. The summed E-state index contributed by atoms with van der Waals surface area (Å²) in [5, 5.41) is 0. The van der Waals surface area contributed by atoms with Gasteiger partial charge in [-0.25, -0.2) is 9.78 Å². The Morgan fingerprint density at radius 1 is 1.06 bits per heavy atom. The lowest BCUT2D eigenvalue weighted by molar-refractivity contribution is -0.494. The molecule has 4 heteroatoms. The van der Waals surface area contributed by atoms with Crippen molar-refractivity contribution in [3.05, 3.63) is 23.8 Å². The molecular weight excluding hydrogens is 424 g/mol. The second-order valence-corrected chi connectivity index (χ2v) is 13.3. The zero-order valence-electron chi connectivity index (χ0n) is 22.5. The van der Waals surface area contributed by atoms with Crippen LogP contribution in [0.4, 0.5) is 0 Å². The van der Waals surface area contributed by atoms with Gasteiger partial charge in [0.15, 0.2) is 0 Å². The average molecular weight is 471 g/mol. The molecule has 4 aliphatic carbocycles. The summed E-state index contributed by atoms with van der Waals surface area (Å²) in [7, 11) is 0. The van der Waals surface area contributed by atoms with E-state index in [-0.39, 0.29) is 34.1 Å². The number of fused-ring (bicyclic) bond motifs is 3. The molecule has 0 aromatic carbocycles. The molecule has 2 aliphatic heterocycles. The number of esters is 1. The molecule has 9 atom stereocenters. The fourth-order valence-electron chi connectivity index (χ4n) is 8.90. The summed E-state index contributed by atoms with van der Waals surface area (Å²) in [6, 6.07) is 0. The van der Waals surface area contributed by atoms with Crippen molar-refractivity contribution in [2.75, 3.05) is 0 Å². The van der Waals surface area contributed by atoms with Crippen LogP contribution < -0.4 is 0 Å². The summed E-state index contributed by atoms with van der Waals surface area (Å²) in [5.41, 5.74) is 1.08. The summed E-state index contributed by atoms with van der Waals surface area (Å²) in [4.78, 5) is 24.6. The molecule has 0 aromatic heterocycles. The van der Waals surface area contributed by atoms with Crippen molar-refractivity contribution in [1.29, 1.82) is 0 Å². The number of carbonyl (C=O) groups is 1. The zero-order chi connectivity index (χ0) is 24.5. The molecule has 0 N–H and O–H groups in total. The first-order valence-electron chi connectivity index (χ1n) is 13.9. The lowest BCUT2D eigenvalue weighted by Crippen LogP contribution is -2.71. The maximum Gasteiger partial charge on any atom is 0.302 e. The predicted octanol–water partition coefficient (Wildman–Crippen LogP) is 7.19. The van der Waals surface area contributed by atoms with Crippen molar-refractivity contribution in [1.82, 2.24) is 0 Å². The quantitative estimate of drug-likeness (QED) is 0.242. The molecule has 6 rings (SSSR count). The Kier molecular flexibility index (Phi) is 5.92. The predicted molar refractivity (Wildman–Crippen MR) is 134 cm³/mol. The Labute approximate surface area is 206 Å². The molecule has 2 heterocycles. The van der Waals surface area contributed by atoms with E-state index in [0.29, 0.717) is 29.6 Å². The Balaban J connectivity index is 1.43. The number of allylic oxidation sites excluding steroid dienone is 3. The highest BCUT2D eigenvalue weighted by Gasteiger charge is 2.73. The van der Waals surface area contributed by atoms with Gasteiger partial charge in [0.2, 0.25) is 0 Å². The molecule has 0 unspecified atom stereocenters. The summed E-state index contributed by atoms with van der Waals surface area (Å²) in [5.74, 6) is 2.86. The summed E-state index contributed by atoms with van der Waals surface area (Å²) in [6.07, 6.45) is 15.8. The van der Waals surface area contributed by atoms with Gasteiger partial charge in [0.1, 0.15) is 17.3 Å². The van der Waals surface area contributed by atoms with Crippen LogP contribution in [0.25, 0.3) is 0 Å². The topological polar surface area (TPSA) is 44.8 Å². The number of hydrogen-bond acceptors (Lipinski definition) is 4. The van der Waals surface area contributed by atoms with Crippen molar-refractivity contribution >= 4 is 5.97 Å². The first kappa shape index (κ1) is 24.6. The zero-order valence-corrected chi connectivity index (χ0v) is 22.5. The smallest absolute Gasteiger partial charge is 0.302 e. The average Bonchev–Trinajstić information content (AvgIpc) is 3.14. The Morgan fingerprint density at radius 2 is 1.82 bits per heavy atom. The van der Waals surface area contributed by atoms with Crippen LogP contribution in [0.1, 0.15) is 99.8 Å². The molecule has 34 heavy (non-hydrogen) atoms. The van der Waals surface area contributed by atoms with Crippen LogP contribution in [0.5, 0.6) is 0 Å². The third kappa shape index (κ3) is 3.34. The van der Waals surface area contributed by atoms with E-state index < -0.39 is 0 Å². The molecule has 5 fully saturated rings. The van der Waals surface area contributed by atoms with Gasteiger partial charge in [-0.05, 0) is 79.6 Å². The molecule has 0 amide bonds. The van der Waals surface area contributed by atoms with Gasteiger partial charge in [-0.2, -0.15) is 0 Å². The van der Waals surface area contributed by atoms with Crippen LogP contribution in [0.3, 0.4) is 0 Å². The van der Waals surface area contributed by atoms with Gasteiger partial charge in [-0.3, -0.25) is 4.79 Å². The summed E-state index contributed by atoms with van der Waals surface area (Å²) in [6.45, 7) is 15.8. The van der Waals surface area contributed by atoms with E-state index in [1.807, 2.05) is 0 Å². The third-order valence-electron chi connectivity index (χ3n) is 11.3. The van der Waals surface area contributed by atoms with E-state index in [0.717, 1.165) is 38.5 Å². The van der Waals surface area contributed by atoms with E-state index in [2.05, 4.69) is 59.8 Å². The van der Waals surface area contributed by atoms with E-state index in [1.165, 1.54) is 25.3 Å². The van der Waals surface area contributed by atoms with Crippen LogP contribution in [0.15, 0.2) is 23.8 Å². The molecule has 2 bridgehead atoms. The third-order valence-corrected chi connectivity index (χ3v) is 11.3. The molecule has 0 aromatic rings. The normalized spacial score (nSPS) is 47.1. The van der Waals surface area contributed by atoms with Gasteiger partial charge >= 0.3 is 5.97 Å². The highest BCUT2D eigenvalue weighted by Crippen LogP contribution is 2.73. The van der Waals surface area contributed by atoms with Crippen molar-refractivity contribution in [2.24, 2.45) is 40.4 Å². The molecular formula is C30H46O4. The van der Waals surface area contributed by atoms with Crippen LogP contribution in [-0.4, -0.2) is 23.3 Å². The van der Waals surface area contributed by atoms with Crippen LogP contribution in [-0.2, 0) is 19.3 Å². The first-order chi connectivity index (χ1) is 16.0. The highest BCUT2D eigenvalue weighted by molar-refractivity contribution is 5.66. The number of hydrogen-bond donors (Lipinski definition) is 0. The standard InChI is InChI=1S/C30H46O4/c1-19(2)20(3)8-9-21(4)24-10-11-25-27(24,6)14-13-26-28(7)15-12-23(32-22(5)31)18-29(28)16-17-30(25,26)34-33-29/h8-9,13,19-21,23-25H,10-12,14-18H2,1-7H3/b9-8+/t20-,21+,23+,24+,25+,27+,28+,29+,30-/m0/s1. The maximum atomic E-state index is 11.6. The van der Waals surface area contributed by atoms with Gasteiger partial charge < -0.3 is 4.74 Å². The Hall–Kier alpha value is -1.13. The molecule has 0 radical (unpaired) electrons. The van der Waals surface area contributed by atoms with Gasteiger partial charge in [-0.15, -0.1) is 0 Å². The summed E-state index contributed by atoms with van der Waals surface area (Å²) >= 11 is 0.